The predicted molar refractivity (Wildman–Crippen MR) is 133 cm³/mol. The van der Waals surface area contributed by atoms with Crippen molar-refractivity contribution in [3.05, 3.63) is 126 Å². The molecule has 0 saturated heterocycles. The van der Waals surface area contributed by atoms with Gasteiger partial charge in [-0.2, -0.15) is 0 Å². The second-order valence-electron chi connectivity index (χ2n) is 7.98. The summed E-state index contributed by atoms with van der Waals surface area (Å²) in [5, 5.41) is 3.80. The molecule has 3 aromatic heterocycles. The van der Waals surface area contributed by atoms with Crippen LogP contribution in [0.1, 0.15) is 17.3 Å². The van der Waals surface area contributed by atoms with Crippen molar-refractivity contribution in [2.75, 3.05) is 0 Å². The molecule has 0 fully saturated rings. The van der Waals surface area contributed by atoms with E-state index in [0.29, 0.717) is 10.8 Å². The summed E-state index contributed by atoms with van der Waals surface area (Å²) < 4.78 is 2.16. The zero-order valence-electron chi connectivity index (χ0n) is 17.6. The first kappa shape index (κ1) is 19.6. The number of aromatic nitrogens is 4. The van der Waals surface area contributed by atoms with E-state index in [9.17, 15) is 0 Å². The van der Waals surface area contributed by atoms with Crippen LogP contribution in [0.15, 0.2) is 110 Å². The number of hydrogen-bond donors (Lipinski definition) is 0. The molecule has 3 aromatic carbocycles. The molecule has 0 aliphatic carbocycles. The Bertz CT molecular complexity index is 1560. The maximum Gasteiger partial charge on any atom is 0.153 e. The van der Waals surface area contributed by atoms with E-state index in [-0.39, 0.29) is 6.04 Å². The van der Waals surface area contributed by atoms with Gasteiger partial charge in [-0.25, -0.2) is 9.97 Å². The molecule has 5 heteroatoms. The minimum absolute atomic E-state index is 0.231. The van der Waals surface area contributed by atoms with Gasteiger partial charge in [0, 0.05) is 35.7 Å². The summed E-state index contributed by atoms with van der Waals surface area (Å²) in [7, 11) is 0. The Morgan fingerprint density at radius 3 is 2.15 bits per heavy atom. The molecule has 0 aliphatic heterocycles. The van der Waals surface area contributed by atoms with Crippen LogP contribution >= 0.6 is 11.6 Å². The molecule has 6 aromatic rings. The van der Waals surface area contributed by atoms with Crippen LogP contribution in [0.5, 0.6) is 0 Å². The van der Waals surface area contributed by atoms with Gasteiger partial charge in [0.2, 0.25) is 0 Å². The summed E-state index contributed by atoms with van der Waals surface area (Å²) in [5.74, 6) is 0. The van der Waals surface area contributed by atoms with Gasteiger partial charge in [0.05, 0.1) is 11.2 Å². The number of halogens is 1. The lowest BCUT2D eigenvalue weighted by molar-refractivity contribution is 0.661. The lowest BCUT2D eigenvalue weighted by Gasteiger charge is -2.20. The monoisotopic (exact) mass is 446 g/mol. The fourth-order valence-electron chi connectivity index (χ4n) is 4.31. The summed E-state index contributed by atoms with van der Waals surface area (Å²) in [5.41, 5.74) is 4.72. The van der Waals surface area contributed by atoms with Crippen LogP contribution < -0.4 is 0 Å². The minimum Gasteiger partial charge on any atom is -0.340 e. The molecule has 0 aliphatic rings. The van der Waals surface area contributed by atoms with Crippen LogP contribution in [0.25, 0.3) is 32.9 Å². The minimum atomic E-state index is -0.231. The summed E-state index contributed by atoms with van der Waals surface area (Å²) >= 11 is 6.54. The van der Waals surface area contributed by atoms with Crippen molar-refractivity contribution in [2.45, 2.75) is 6.04 Å². The van der Waals surface area contributed by atoms with Crippen molar-refractivity contribution in [1.82, 2.24) is 19.5 Å². The molecule has 0 spiro atoms. The van der Waals surface area contributed by atoms with Gasteiger partial charge >= 0.3 is 0 Å². The molecular weight excluding hydrogens is 428 g/mol. The summed E-state index contributed by atoms with van der Waals surface area (Å²) in [6.07, 6.45) is 7.55. The molecule has 0 saturated carbocycles. The second kappa shape index (κ2) is 8.15. The molecule has 0 amide bonds. The van der Waals surface area contributed by atoms with E-state index in [2.05, 4.69) is 81.5 Å². The molecule has 0 N–H and O–H groups in total. The van der Waals surface area contributed by atoms with Crippen molar-refractivity contribution < 1.29 is 0 Å². The standard InChI is InChI=1S/C28H19ClN4/c29-28-26(30-14-15-31-28)27(33-17-22-8-4-5-9-23(22)18-33)21-11-10-20-12-13-24(32-25(20)16-21)19-6-2-1-3-7-19/h1-18,27H. The number of pyridine rings is 1. The maximum absolute atomic E-state index is 6.54. The van der Waals surface area contributed by atoms with E-state index in [4.69, 9.17) is 16.6 Å². The highest BCUT2D eigenvalue weighted by molar-refractivity contribution is 6.30. The summed E-state index contributed by atoms with van der Waals surface area (Å²) in [6, 6.07) is 28.8. The number of hydrogen-bond acceptors (Lipinski definition) is 3. The smallest absolute Gasteiger partial charge is 0.153 e. The Morgan fingerprint density at radius 1 is 0.697 bits per heavy atom. The van der Waals surface area contributed by atoms with Gasteiger partial charge in [0.15, 0.2) is 5.15 Å². The third kappa shape index (κ3) is 3.65. The van der Waals surface area contributed by atoms with E-state index >= 15 is 0 Å². The van der Waals surface area contributed by atoms with Crippen LogP contribution in [-0.4, -0.2) is 19.5 Å². The summed E-state index contributed by atoms with van der Waals surface area (Å²) in [6.45, 7) is 0. The van der Waals surface area contributed by atoms with E-state index < -0.39 is 0 Å². The van der Waals surface area contributed by atoms with Crippen LogP contribution in [0.2, 0.25) is 5.15 Å². The molecule has 3 heterocycles. The fourth-order valence-corrected chi connectivity index (χ4v) is 4.52. The van der Waals surface area contributed by atoms with Crippen molar-refractivity contribution in [1.29, 1.82) is 0 Å². The SMILES string of the molecule is Clc1nccnc1C(c1ccc2ccc(-c3ccccc3)nc2c1)n1cc2ccccc2c1. The van der Waals surface area contributed by atoms with E-state index in [1.807, 2.05) is 30.3 Å². The van der Waals surface area contributed by atoms with Gasteiger partial charge in [0.25, 0.3) is 0 Å². The van der Waals surface area contributed by atoms with Gasteiger partial charge in [0.1, 0.15) is 11.7 Å². The van der Waals surface area contributed by atoms with Crippen LogP contribution in [0.3, 0.4) is 0 Å². The molecule has 33 heavy (non-hydrogen) atoms. The molecule has 0 radical (unpaired) electrons. The Labute approximate surface area is 196 Å². The van der Waals surface area contributed by atoms with Crippen LogP contribution in [0.4, 0.5) is 0 Å². The highest BCUT2D eigenvalue weighted by Crippen LogP contribution is 2.33. The first-order valence-electron chi connectivity index (χ1n) is 10.7. The molecule has 4 nitrogen and oxygen atoms in total. The predicted octanol–water partition coefficient (Wildman–Crippen LogP) is 6.94. The van der Waals surface area contributed by atoms with E-state index in [1.165, 1.54) is 0 Å². The zero-order chi connectivity index (χ0) is 22.2. The summed E-state index contributed by atoms with van der Waals surface area (Å²) in [4.78, 5) is 13.9. The van der Waals surface area contributed by atoms with Crippen LogP contribution in [-0.2, 0) is 0 Å². The van der Waals surface area contributed by atoms with E-state index in [1.54, 1.807) is 12.4 Å². The normalized spacial score (nSPS) is 12.3. The van der Waals surface area contributed by atoms with E-state index in [0.717, 1.165) is 38.5 Å². The average Bonchev–Trinajstić information content (AvgIpc) is 3.29. The number of fused-ring (bicyclic) bond motifs is 2. The zero-order valence-corrected chi connectivity index (χ0v) is 18.4. The number of nitrogens with zero attached hydrogens (tertiary/aromatic N) is 4. The van der Waals surface area contributed by atoms with Crippen molar-refractivity contribution in [3.8, 4) is 11.3 Å². The van der Waals surface area contributed by atoms with Gasteiger partial charge in [-0.3, -0.25) is 4.98 Å². The van der Waals surface area contributed by atoms with Crippen molar-refractivity contribution in [2.24, 2.45) is 0 Å². The Morgan fingerprint density at radius 2 is 1.39 bits per heavy atom. The van der Waals surface area contributed by atoms with Crippen molar-refractivity contribution in [3.63, 3.8) is 0 Å². The maximum atomic E-state index is 6.54. The van der Waals surface area contributed by atoms with Gasteiger partial charge in [-0.1, -0.05) is 84.4 Å². The molecule has 6 rings (SSSR count). The molecule has 0 bridgehead atoms. The Hall–Kier alpha value is -4.02. The number of benzene rings is 3. The largest absolute Gasteiger partial charge is 0.340 e. The average molecular weight is 447 g/mol. The Kier molecular flexibility index (Phi) is 4.85. The fraction of sp³-hybridized carbons (Fsp3) is 0.0357. The third-order valence-corrected chi connectivity index (χ3v) is 6.20. The second-order valence-corrected chi connectivity index (χ2v) is 8.34. The molecule has 1 unspecified atom stereocenters. The first-order chi connectivity index (χ1) is 16.3. The third-order valence-electron chi connectivity index (χ3n) is 5.91. The Balaban J connectivity index is 1.54. The topological polar surface area (TPSA) is 43.6 Å². The molecule has 1 atom stereocenters. The molecule has 158 valence electrons. The highest BCUT2D eigenvalue weighted by atomic mass is 35.5. The quantitative estimate of drug-likeness (QED) is 0.294. The number of rotatable bonds is 4. The van der Waals surface area contributed by atoms with Crippen molar-refractivity contribution >= 4 is 33.3 Å². The molecular formula is C28H19ClN4. The lowest BCUT2D eigenvalue weighted by atomic mass is 10.0. The first-order valence-corrected chi connectivity index (χ1v) is 11.1. The van der Waals surface area contributed by atoms with Crippen LogP contribution in [0, 0.1) is 0 Å². The van der Waals surface area contributed by atoms with Gasteiger partial charge in [-0.15, -0.1) is 0 Å². The lowest BCUT2D eigenvalue weighted by Crippen LogP contribution is -2.13. The van der Waals surface area contributed by atoms with Gasteiger partial charge in [-0.05, 0) is 28.5 Å². The highest BCUT2D eigenvalue weighted by Gasteiger charge is 2.22. The van der Waals surface area contributed by atoms with Gasteiger partial charge < -0.3 is 4.57 Å².